The van der Waals surface area contributed by atoms with Gasteiger partial charge in [0, 0.05) is 27.7 Å². The third-order valence-corrected chi connectivity index (χ3v) is 3.93. The fourth-order valence-electron chi connectivity index (χ4n) is 1.31. The molecule has 1 rings (SSSR count). The molecule has 1 aromatic carbocycles. The minimum Gasteiger partial charge on any atom is -0.324 e. The standard InChI is InChI=1S/C12H19BrN2S/c1-9(14)11-5-4-10(8-12(11)13)16-7-6-15(2)3/h4-5,8-9H,6-7,14H2,1-3H3. The summed E-state index contributed by atoms with van der Waals surface area (Å²) in [6.45, 7) is 3.09. The highest BCUT2D eigenvalue weighted by atomic mass is 79.9. The molecule has 2 nitrogen and oxygen atoms in total. The van der Waals surface area contributed by atoms with E-state index in [0.29, 0.717) is 0 Å². The van der Waals surface area contributed by atoms with Crippen LogP contribution in [-0.2, 0) is 0 Å². The second-order valence-electron chi connectivity index (χ2n) is 4.12. The topological polar surface area (TPSA) is 29.3 Å². The van der Waals surface area contributed by atoms with Crippen LogP contribution in [0.15, 0.2) is 27.6 Å². The lowest BCUT2D eigenvalue weighted by Gasteiger charge is -2.11. The van der Waals surface area contributed by atoms with Crippen LogP contribution >= 0.6 is 27.7 Å². The number of hydrogen-bond donors (Lipinski definition) is 1. The lowest BCUT2D eigenvalue weighted by molar-refractivity contribution is 0.437. The van der Waals surface area contributed by atoms with Crippen molar-refractivity contribution in [1.29, 1.82) is 0 Å². The molecular weight excluding hydrogens is 284 g/mol. The first-order chi connectivity index (χ1) is 7.50. The van der Waals surface area contributed by atoms with E-state index in [4.69, 9.17) is 5.73 Å². The van der Waals surface area contributed by atoms with E-state index in [1.807, 2.05) is 18.7 Å². The van der Waals surface area contributed by atoms with Crippen molar-refractivity contribution in [2.45, 2.75) is 17.9 Å². The summed E-state index contributed by atoms with van der Waals surface area (Å²) in [5.74, 6) is 1.11. The number of rotatable bonds is 5. The third-order valence-electron chi connectivity index (χ3n) is 2.27. The summed E-state index contributed by atoms with van der Waals surface area (Å²) < 4.78 is 1.11. The molecule has 4 heteroatoms. The molecule has 0 aliphatic carbocycles. The van der Waals surface area contributed by atoms with Crippen LogP contribution < -0.4 is 5.73 Å². The van der Waals surface area contributed by atoms with Crippen LogP contribution in [0.25, 0.3) is 0 Å². The van der Waals surface area contributed by atoms with E-state index in [-0.39, 0.29) is 6.04 Å². The molecule has 16 heavy (non-hydrogen) atoms. The molecule has 0 aromatic heterocycles. The van der Waals surface area contributed by atoms with E-state index in [1.165, 1.54) is 4.90 Å². The monoisotopic (exact) mass is 302 g/mol. The highest BCUT2D eigenvalue weighted by molar-refractivity contribution is 9.10. The lowest BCUT2D eigenvalue weighted by Crippen LogP contribution is -2.14. The number of halogens is 1. The Bertz CT molecular complexity index is 340. The van der Waals surface area contributed by atoms with Crippen LogP contribution in [0.1, 0.15) is 18.5 Å². The van der Waals surface area contributed by atoms with Gasteiger partial charge in [-0.3, -0.25) is 0 Å². The van der Waals surface area contributed by atoms with Crippen molar-refractivity contribution in [1.82, 2.24) is 4.90 Å². The van der Waals surface area contributed by atoms with Crippen LogP contribution in [0.5, 0.6) is 0 Å². The zero-order valence-corrected chi connectivity index (χ0v) is 12.4. The minimum absolute atomic E-state index is 0.0789. The Kier molecular flexibility index (Phi) is 5.83. The van der Waals surface area contributed by atoms with Gasteiger partial charge in [0.15, 0.2) is 0 Å². The van der Waals surface area contributed by atoms with E-state index in [0.717, 1.165) is 22.3 Å². The highest BCUT2D eigenvalue weighted by Gasteiger charge is 2.05. The van der Waals surface area contributed by atoms with E-state index in [9.17, 15) is 0 Å². The normalized spacial score (nSPS) is 13.1. The molecular formula is C12H19BrN2S. The van der Waals surface area contributed by atoms with E-state index < -0.39 is 0 Å². The van der Waals surface area contributed by atoms with Crippen LogP contribution in [0, 0.1) is 0 Å². The predicted molar refractivity (Wildman–Crippen MR) is 76.0 cm³/mol. The molecule has 2 N–H and O–H groups in total. The highest BCUT2D eigenvalue weighted by Crippen LogP contribution is 2.27. The number of benzene rings is 1. The SMILES string of the molecule is CC(N)c1ccc(SCCN(C)C)cc1Br. The number of hydrogen-bond acceptors (Lipinski definition) is 3. The molecule has 0 aliphatic heterocycles. The third kappa shape index (κ3) is 4.45. The molecule has 1 unspecified atom stereocenters. The number of thioether (sulfide) groups is 1. The maximum atomic E-state index is 5.86. The van der Waals surface area contributed by atoms with Crippen molar-refractivity contribution in [2.75, 3.05) is 26.4 Å². The largest absolute Gasteiger partial charge is 0.324 e. The summed E-state index contributed by atoms with van der Waals surface area (Å²) in [7, 11) is 4.19. The van der Waals surface area contributed by atoms with Crippen molar-refractivity contribution >= 4 is 27.7 Å². The van der Waals surface area contributed by atoms with Gasteiger partial charge in [-0.2, -0.15) is 0 Å². The average Bonchev–Trinajstić information content (AvgIpc) is 2.16. The number of nitrogens with zero attached hydrogens (tertiary/aromatic N) is 1. The van der Waals surface area contributed by atoms with Gasteiger partial charge in [-0.1, -0.05) is 22.0 Å². The predicted octanol–water partition coefficient (Wildman–Crippen LogP) is 3.12. The second kappa shape index (κ2) is 6.64. The van der Waals surface area contributed by atoms with E-state index >= 15 is 0 Å². The van der Waals surface area contributed by atoms with Crippen molar-refractivity contribution < 1.29 is 0 Å². The molecule has 0 fully saturated rings. The molecule has 0 spiro atoms. The van der Waals surface area contributed by atoms with Gasteiger partial charge in [0.1, 0.15) is 0 Å². The molecule has 90 valence electrons. The lowest BCUT2D eigenvalue weighted by atomic mass is 10.1. The van der Waals surface area contributed by atoms with Gasteiger partial charge in [-0.05, 0) is 38.7 Å². The van der Waals surface area contributed by atoms with Gasteiger partial charge in [0.25, 0.3) is 0 Å². The van der Waals surface area contributed by atoms with E-state index in [1.54, 1.807) is 0 Å². The molecule has 1 atom stereocenters. The summed E-state index contributed by atoms with van der Waals surface area (Å²) in [6, 6.07) is 6.48. The summed E-state index contributed by atoms with van der Waals surface area (Å²) in [4.78, 5) is 3.48. The maximum absolute atomic E-state index is 5.86. The van der Waals surface area contributed by atoms with Gasteiger partial charge in [0.2, 0.25) is 0 Å². The number of nitrogens with two attached hydrogens (primary N) is 1. The maximum Gasteiger partial charge on any atom is 0.0277 e. The van der Waals surface area contributed by atoms with Gasteiger partial charge < -0.3 is 10.6 Å². The van der Waals surface area contributed by atoms with Crippen LogP contribution in [-0.4, -0.2) is 31.3 Å². The quantitative estimate of drug-likeness (QED) is 0.848. The van der Waals surface area contributed by atoms with Crippen molar-refractivity contribution in [3.63, 3.8) is 0 Å². The van der Waals surface area contributed by atoms with Gasteiger partial charge in [0.05, 0.1) is 0 Å². The first kappa shape index (κ1) is 14.0. The molecule has 0 amide bonds. The van der Waals surface area contributed by atoms with Crippen LogP contribution in [0.3, 0.4) is 0 Å². The minimum atomic E-state index is 0.0789. The Balaban J connectivity index is 2.59. The molecule has 0 saturated heterocycles. The van der Waals surface area contributed by atoms with Gasteiger partial charge >= 0.3 is 0 Å². The average molecular weight is 303 g/mol. The van der Waals surface area contributed by atoms with Crippen LogP contribution in [0.4, 0.5) is 0 Å². The van der Waals surface area contributed by atoms with Gasteiger partial charge in [-0.15, -0.1) is 11.8 Å². The zero-order chi connectivity index (χ0) is 12.1. The fraction of sp³-hybridized carbons (Fsp3) is 0.500. The molecule has 0 aliphatic rings. The van der Waals surface area contributed by atoms with Gasteiger partial charge in [-0.25, -0.2) is 0 Å². The Hall–Kier alpha value is -0.0300. The first-order valence-corrected chi connectivity index (χ1v) is 7.11. The molecule has 0 bridgehead atoms. The summed E-state index contributed by atoms with van der Waals surface area (Å²) in [5, 5.41) is 0. The van der Waals surface area contributed by atoms with Crippen LogP contribution in [0.2, 0.25) is 0 Å². The smallest absolute Gasteiger partial charge is 0.0277 e. The molecule has 0 saturated carbocycles. The summed E-state index contributed by atoms with van der Waals surface area (Å²) in [5.41, 5.74) is 7.02. The van der Waals surface area contributed by atoms with E-state index in [2.05, 4.69) is 53.1 Å². The van der Waals surface area contributed by atoms with Crippen molar-refractivity contribution in [3.8, 4) is 0 Å². The summed E-state index contributed by atoms with van der Waals surface area (Å²) >= 11 is 5.44. The Morgan fingerprint density at radius 1 is 1.44 bits per heavy atom. The molecule has 0 heterocycles. The Labute approximate surface area is 111 Å². The Morgan fingerprint density at radius 3 is 2.62 bits per heavy atom. The fourth-order valence-corrected chi connectivity index (χ4v) is 3.26. The van der Waals surface area contributed by atoms with Crippen molar-refractivity contribution in [2.24, 2.45) is 5.73 Å². The van der Waals surface area contributed by atoms with Crippen molar-refractivity contribution in [3.05, 3.63) is 28.2 Å². The Morgan fingerprint density at radius 2 is 2.12 bits per heavy atom. The second-order valence-corrected chi connectivity index (χ2v) is 6.15. The molecule has 1 aromatic rings. The summed E-state index contributed by atoms with van der Waals surface area (Å²) in [6.07, 6.45) is 0. The first-order valence-electron chi connectivity index (χ1n) is 5.33. The zero-order valence-electron chi connectivity index (χ0n) is 10.0. The molecule has 0 radical (unpaired) electrons.